The number of benzene rings is 3. The van der Waals surface area contributed by atoms with E-state index < -0.39 is 0 Å². The van der Waals surface area contributed by atoms with Crippen LogP contribution in [0.3, 0.4) is 0 Å². The van der Waals surface area contributed by atoms with Crippen LogP contribution in [0.15, 0.2) is 78.6 Å². The Morgan fingerprint density at radius 2 is 1.63 bits per heavy atom. The van der Waals surface area contributed by atoms with Crippen molar-refractivity contribution in [3.8, 4) is 5.75 Å². The van der Waals surface area contributed by atoms with E-state index in [9.17, 15) is 14.0 Å². The number of carbonyl (C=O) groups is 2. The maximum Gasteiger partial charge on any atom is 0.294 e. The molecule has 0 aromatic heterocycles. The van der Waals surface area contributed by atoms with Crippen LogP contribution in [0.5, 0.6) is 5.75 Å². The van der Waals surface area contributed by atoms with Crippen LogP contribution in [0.25, 0.3) is 5.57 Å². The molecule has 1 N–H and O–H groups in total. The van der Waals surface area contributed by atoms with Gasteiger partial charge in [-0.25, -0.2) is 4.39 Å². The van der Waals surface area contributed by atoms with Crippen molar-refractivity contribution in [1.29, 1.82) is 0 Å². The highest BCUT2D eigenvalue weighted by Gasteiger charge is 2.32. The number of anilines is 1. The van der Waals surface area contributed by atoms with Crippen molar-refractivity contribution in [2.75, 3.05) is 31.1 Å². The third-order valence-corrected chi connectivity index (χ3v) is 7.15. The number of carbonyl (C=O) groups excluding carboxylic acids is 2. The highest BCUT2D eigenvalue weighted by molar-refractivity contribution is 6.11. The number of rotatable bonds is 8. The first-order chi connectivity index (χ1) is 18.5. The van der Waals surface area contributed by atoms with Crippen LogP contribution >= 0.6 is 0 Å². The Hall–Kier alpha value is -3.97. The Bertz CT molecular complexity index is 1350. The molecular weight excluding hydrogens is 481 g/mol. The van der Waals surface area contributed by atoms with E-state index >= 15 is 0 Å². The molecule has 0 spiro atoms. The van der Waals surface area contributed by atoms with E-state index in [2.05, 4.69) is 10.2 Å². The Morgan fingerprint density at radius 3 is 2.39 bits per heavy atom. The van der Waals surface area contributed by atoms with Gasteiger partial charge < -0.3 is 15.0 Å². The predicted molar refractivity (Wildman–Crippen MR) is 146 cm³/mol. The second kappa shape index (κ2) is 11.6. The Morgan fingerprint density at radius 1 is 0.947 bits per heavy atom. The lowest BCUT2D eigenvalue weighted by atomic mass is 10.0. The summed E-state index contributed by atoms with van der Waals surface area (Å²) in [5.74, 6) is -0.110. The van der Waals surface area contributed by atoms with Crippen LogP contribution in [0.4, 0.5) is 10.1 Å². The third-order valence-electron chi connectivity index (χ3n) is 7.15. The number of hydrogen-bond acceptors (Lipinski definition) is 4. The molecule has 7 heteroatoms. The minimum atomic E-state index is -0.364. The molecule has 196 valence electrons. The van der Waals surface area contributed by atoms with E-state index in [1.807, 2.05) is 31.2 Å². The summed E-state index contributed by atoms with van der Waals surface area (Å²) >= 11 is 0. The van der Waals surface area contributed by atoms with Gasteiger partial charge in [-0.2, -0.15) is 0 Å². The van der Waals surface area contributed by atoms with Crippen molar-refractivity contribution < 1.29 is 18.7 Å². The van der Waals surface area contributed by atoms with Gasteiger partial charge in [-0.3, -0.25) is 14.5 Å². The molecule has 0 unspecified atom stereocenters. The molecule has 1 fully saturated rings. The lowest BCUT2D eigenvalue weighted by Crippen LogP contribution is -2.37. The van der Waals surface area contributed by atoms with Crippen LogP contribution in [0.1, 0.15) is 47.7 Å². The minimum absolute atomic E-state index is 0.0829. The van der Waals surface area contributed by atoms with Crippen molar-refractivity contribution >= 4 is 23.1 Å². The van der Waals surface area contributed by atoms with Gasteiger partial charge in [-0.05, 0) is 81.7 Å². The van der Waals surface area contributed by atoms with Gasteiger partial charge in [0.15, 0.2) is 11.5 Å². The van der Waals surface area contributed by atoms with E-state index in [-0.39, 0.29) is 29.9 Å². The number of nitrogens with zero attached hydrogens (tertiary/aromatic N) is 2. The fraction of sp³-hybridized carbons (Fsp3) is 0.290. The van der Waals surface area contributed by atoms with Crippen molar-refractivity contribution in [1.82, 2.24) is 10.2 Å². The average molecular weight is 514 g/mol. The first kappa shape index (κ1) is 25.7. The molecule has 2 aliphatic heterocycles. The first-order valence-electron chi connectivity index (χ1n) is 13.2. The molecular formula is C31H32FN3O3. The Kier molecular flexibility index (Phi) is 7.84. The molecule has 2 amide bonds. The van der Waals surface area contributed by atoms with Crippen molar-refractivity contribution in [2.45, 2.75) is 32.7 Å². The molecule has 0 saturated carbocycles. The lowest BCUT2D eigenvalue weighted by Gasteiger charge is -2.31. The van der Waals surface area contributed by atoms with Gasteiger partial charge >= 0.3 is 0 Å². The topological polar surface area (TPSA) is 61.9 Å². The molecule has 0 atom stereocenters. The number of fused-ring (bicyclic) bond motifs is 1. The summed E-state index contributed by atoms with van der Waals surface area (Å²) in [5.41, 5.74) is 2.99. The Labute approximate surface area is 222 Å². The van der Waals surface area contributed by atoms with Gasteiger partial charge in [0.25, 0.3) is 11.8 Å². The van der Waals surface area contributed by atoms with E-state index in [1.54, 1.807) is 47.4 Å². The van der Waals surface area contributed by atoms with Crippen LogP contribution in [0, 0.1) is 5.82 Å². The smallest absolute Gasteiger partial charge is 0.294 e. The second-order valence-corrected chi connectivity index (χ2v) is 9.74. The van der Waals surface area contributed by atoms with E-state index in [0.717, 1.165) is 31.6 Å². The number of nitrogens with one attached hydrogen (secondary N) is 1. The number of halogens is 1. The summed E-state index contributed by atoms with van der Waals surface area (Å²) in [5, 5.41) is 2.99. The fourth-order valence-electron chi connectivity index (χ4n) is 4.96. The predicted octanol–water partition coefficient (Wildman–Crippen LogP) is 5.40. The number of likely N-dealkylation sites (tertiary alicyclic amines) is 1. The van der Waals surface area contributed by atoms with Crippen molar-refractivity contribution in [3.63, 3.8) is 0 Å². The normalized spacial score (nSPS) is 16.7. The van der Waals surface area contributed by atoms with Crippen LogP contribution < -0.4 is 15.0 Å². The van der Waals surface area contributed by atoms with Crippen LogP contribution in [-0.2, 0) is 11.3 Å². The molecule has 0 radical (unpaired) electrons. The monoisotopic (exact) mass is 513 g/mol. The number of allylic oxidation sites excluding steroid dienone is 1. The zero-order chi connectivity index (χ0) is 26.5. The fourth-order valence-corrected chi connectivity index (χ4v) is 4.96. The lowest BCUT2D eigenvalue weighted by molar-refractivity contribution is -0.117. The third kappa shape index (κ3) is 5.63. The zero-order valence-electron chi connectivity index (χ0n) is 21.6. The second-order valence-electron chi connectivity index (χ2n) is 9.74. The van der Waals surface area contributed by atoms with Gasteiger partial charge in [0.2, 0.25) is 0 Å². The van der Waals surface area contributed by atoms with E-state index in [4.69, 9.17) is 4.74 Å². The molecule has 0 bridgehead atoms. The summed E-state index contributed by atoms with van der Waals surface area (Å²) in [6.07, 6.45) is 3.46. The SMILES string of the molecule is C/C(=C1/Oc2ccccc2N(Cc2ccccc2F)C1=O)c1ccc(C(=O)NCCCN2CCCC2)cc1. The quantitative estimate of drug-likeness (QED) is 0.324. The van der Waals surface area contributed by atoms with Gasteiger partial charge in [-0.15, -0.1) is 0 Å². The van der Waals surface area contributed by atoms with Crippen molar-refractivity contribution in [3.05, 3.63) is 101 Å². The maximum atomic E-state index is 14.4. The van der Waals surface area contributed by atoms with Gasteiger partial charge in [0.1, 0.15) is 5.82 Å². The summed E-state index contributed by atoms with van der Waals surface area (Å²) in [6, 6.07) is 20.8. The summed E-state index contributed by atoms with van der Waals surface area (Å²) < 4.78 is 20.5. The van der Waals surface area contributed by atoms with Crippen LogP contribution in [-0.4, -0.2) is 42.9 Å². The Balaban J connectivity index is 1.31. The molecule has 3 aromatic carbocycles. The maximum absolute atomic E-state index is 14.4. The highest BCUT2D eigenvalue weighted by Crippen LogP contribution is 2.38. The molecule has 0 aliphatic carbocycles. The number of amides is 2. The zero-order valence-corrected chi connectivity index (χ0v) is 21.6. The molecule has 2 heterocycles. The molecule has 2 aliphatic rings. The number of hydrogen-bond donors (Lipinski definition) is 1. The summed E-state index contributed by atoms with van der Waals surface area (Å²) in [6.45, 7) is 5.86. The molecule has 6 nitrogen and oxygen atoms in total. The summed E-state index contributed by atoms with van der Waals surface area (Å²) in [7, 11) is 0. The number of para-hydroxylation sites is 2. The molecule has 3 aromatic rings. The van der Waals surface area contributed by atoms with E-state index in [0.29, 0.717) is 34.7 Å². The number of ether oxygens (including phenoxy) is 1. The van der Waals surface area contributed by atoms with Crippen molar-refractivity contribution in [2.24, 2.45) is 0 Å². The summed E-state index contributed by atoms with van der Waals surface area (Å²) in [4.78, 5) is 30.2. The van der Waals surface area contributed by atoms with Crippen LogP contribution in [0.2, 0.25) is 0 Å². The van der Waals surface area contributed by atoms with Gasteiger partial charge in [0.05, 0.1) is 12.2 Å². The molecule has 5 rings (SSSR count). The highest BCUT2D eigenvalue weighted by atomic mass is 19.1. The minimum Gasteiger partial charge on any atom is -0.449 e. The largest absolute Gasteiger partial charge is 0.449 e. The van der Waals surface area contributed by atoms with Gasteiger partial charge in [0, 0.05) is 23.2 Å². The standard InChI is InChI=1S/C31H32FN3O3/c1-22(23-13-15-24(16-14-23)30(36)33-17-8-20-34-18-6-7-19-34)29-31(37)35(21-25-9-2-3-10-26(25)32)27-11-4-5-12-28(27)38-29/h2-5,9-16H,6-8,17-21H2,1H3,(H,33,36)/b29-22-. The first-order valence-corrected chi connectivity index (χ1v) is 13.2. The average Bonchev–Trinajstić information content (AvgIpc) is 3.47. The van der Waals surface area contributed by atoms with E-state index in [1.165, 1.54) is 18.9 Å². The van der Waals surface area contributed by atoms with Gasteiger partial charge in [-0.1, -0.05) is 42.5 Å². The molecule has 1 saturated heterocycles. The molecule has 38 heavy (non-hydrogen) atoms.